The van der Waals surface area contributed by atoms with Crippen LogP contribution in [0.15, 0.2) is 16.7 Å². The van der Waals surface area contributed by atoms with Crippen LogP contribution in [0.2, 0.25) is 0 Å². The van der Waals surface area contributed by atoms with Crippen LogP contribution in [0, 0.1) is 12.3 Å². The summed E-state index contributed by atoms with van der Waals surface area (Å²) in [5.41, 5.74) is 1.72. The van der Waals surface area contributed by atoms with Crippen molar-refractivity contribution in [2.45, 2.75) is 33.1 Å². The lowest BCUT2D eigenvalue weighted by Crippen LogP contribution is -2.33. The van der Waals surface area contributed by atoms with Crippen molar-refractivity contribution in [3.8, 4) is 0 Å². The molecule has 1 aliphatic rings. The molecule has 0 saturated heterocycles. The standard InChI is InChI=1S/C12H17BrN2/c1-9-4-7-14-11(10(9)13)15-8-12(2)5-3-6-12/h4,7H,3,5-6,8H2,1-2H3,(H,14,15). The first-order valence-electron chi connectivity index (χ1n) is 5.46. The fourth-order valence-corrected chi connectivity index (χ4v) is 2.29. The van der Waals surface area contributed by atoms with Gasteiger partial charge in [0, 0.05) is 12.7 Å². The van der Waals surface area contributed by atoms with Crippen molar-refractivity contribution in [1.29, 1.82) is 0 Å². The maximum absolute atomic E-state index is 4.34. The van der Waals surface area contributed by atoms with Crippen LogP contribution in [0.5, 0.6) is 0 Å². The molecule has 0 unspecified atom stereocenters. The summed E-state index contributed by atoms with van der Waals surface area (Å²) in [5, 5.41) is 3.44. The van der Waals surface area contributed by atoms with Crippen LogP contribution in [-0.4, -0.2) is 11.5 Å². The second-order valence-corrected chi connectivity index (χ2v) is 5.60. The molecule has 0 bridgehead atoms. The highest BCUT2D eigenvalue weighted by Crippen LogP contribution is 2.40. The molecular weight excluding hydrogens is 252 g/mol. The highest BCUT2D eigenvalue weighted by molar-refractivity contribution is 9.10. The first kappa shape index (κ1) is 10.9. The van der Waals surface area contributed by atoms with Gasteiger partial charge in [-0.1, -0.05) is 13.3 Å². The van der Waals surface area contributed by atoms with Crippen molar-refractivity contribution in [2.75, 3.05) is 11.9 Å². The maximum Gasteiger partial charge on any atom is 0.140 e. The first-order chi connectivity index (χ1) is 7.11. The number of aromatic nitrogens is 1. The van der Waals surface area contributed by atoms with E-state index in [1.165, 1.54) is 24.8 Å². The summed E-state index contributed by atoms with van der Waals surface area (Å²) in [5.74, 6) is 0.975. The topological polar surface area (TPSA) is 24.9 Å². The van der Waals surface area contributed by atoms with Gasteiger partial charge < -0.3 is 5.32 Å². The molecule has 3 heteroatoms. The molecule has 0 spiro atoms. The van der Waals surface area contributed by atoms with Crippen molar-refractivity contribution < 1.29 is 0 Å². The maximum atomic E-state index is 4.34. The molecule has 1 aromatic rings. The molecule has 0 aliphatic heterocycles. The molecule has 2 nitrogen and oxygen atoms in total. The van der Waals surface area contributed by atoms with Gasteiger partial charge in [-0.25, -0.2) is 4.98 Å². The summed E-state index contributed by atoms with van der Waals surface area (Å²) in [6, 6.07) is 2.01. The molecule has 1 saturated carbocycles. The smallest absolute Gasteiger partial charge is 0.140 e. The van der Waals surface area contributed by atoms with Gasteiger partial charge in [-0.05, 0) is 52.7 Å². The zero-order valence-corrected chi connectivity index (χ0v) is 10.9. The first-order valence-corrected chi connectivity index (χ1v) is 6.25. The Kier molecular flexibility index (Phi) is 3.01. The van der Waals surface area contributed by atoms with Crippen LogP contribution >= 0.6 is 15.9 Å². The van der Waals surface area contributed by atoms with E-state index in [2.05, 4.69) is 40.1 Å². The van der Waals surface area contributed by atoms with Crippen molar-refractivity contribution in [3.05, 3.63) is 22.3 Å². The minimum atomic E-state index is 0.491. The van der Waals surface area contributed by atoms with Gasteiger partial charge in [0.2, 0.25) is 0 Å². The third kappa shape index (κ3) is 2.33. The van der Waals surface area contributed by atoms with Crippen LogP contribution in [-0.2, 0) is 0 Å². The minimum absolute atomic E-state index is 0.491. The highest BCUT2D eigenvalue weighted by atomic mass is 79.9. The van der Waals surface area contributed by atoms with Crippen LogP contribution in [0.4, 0.5) is 5.82 Å². The van der Waals surface area contributed by atoms with Gasteiger partial charge in [0.15, 0.2) is 0 Å². The van der Waals surface area contributed by atoms with Crippen molar-refractivity contribution >= 4 is 21.7 Å². The number of aryl methyl sites for hydroxylation is 1. The lowest BCUT2D eigenvalue weighted by Gasteiger charge is -2.38. The molecule has 1 aromatic heterocycles. The fourth-order valence-electron chi connectivity index (χ4n) is 1.92. The number of anilines is 1. The van der Waals surface area contributed by atoms with E-state index < -0.39 is 0 Å². The van der Waals surface area contributed by atoms with Crippen LogP contribution in [0.3, 0.4) is 0 Å². The van der Waals surface area contributed by atoms with Gasteiger partial charge in [-0.3, -0.25) is 0 Å². The van der Waals surface area contributed by atoms with Crippen LogP contribution in [0.25, 0.3) is 0 Å². The number of nitrogens with zero attached hydrogens (tertiary/aromatic N) is 1. The molecule has 0 radical (unpaired) electrons. The third-order valence-electron chi connectivity index (χ3n) is 3.33. The molecule has 0 atom stereocenters. The van der Waals surface area contributed by atoms with E-state index in [1.54, 1.807) is 0 Å². The molecule has 1 N–H and O–H groups in total. The van der Waals surface area contributed by atoms with Gasteiger partial charge in [0.1, 0.15) is 5.82 Å². The van der Waals surface area contributed by atoms with E-state index in [0.717, 1.165) is 16.8 Å². The number of hydrogen-bond donors (Lipinski definition) is 1. The number of pyridine rings is 1. The van der Waals surface area contributed by atoms with E-state index in [0.29, 0.717) is 5.41 Å². The molecule has 1 aliphatic carbocycles. The van der Waals surface area contributed by atoms with E-state index in [-0.39, 0.29) is 0 Å². The molecule has 2 rings (SSSR count). The summed E-state index contributed by atoms with van der Waals surface area (Å²) < 4.78 is 1.09. The number of hydrogen-bond acceptors (Lipinski definition) is 2. The van der Waals surface area contributed by atoms with Crippen LogP contribution < -0.4 is 5.32 Å². The molecule has 0 amide bonds. The molecular formula is C12H17BrN2. The average molecular weight is 269 g/mol. The van der Waals surface area contributed by atoms with E-state index in [4.69, 9.17) is 0 Å². The average Bonchev–Trinajstić information content (AvgIpc) is 2.17. The Balaban J connectivity index is 2.01. The second-order valence-electron chi connectivity index (χ2n) is 4.81. The quantitative estimate of drug-likeness (QED) is 0.903. The van der Waals surface area contributed by atoms with Gasteiger partial charge >= 0.3 is 0 Å². The summed E-state index contributed by atoms with van der Waals surface area (Å²) >= 11 is 3.56. The van der Waals surface area contributed by atoms with Gasteiger partial charge in [0.25, 0.3) is 0 Å². The lowest BCUT2D eigenvalue weighted by molar-refractivity contribution is 0.180. The molecule has 82 valence electrons. The Hall–Kier alpha value is -0.570. The summed E-state index contributed by atoms with van der Waals surface area (Å²) in [4.78, 5) is 4.34. The molecule has 1 fully saturated rings. The number of nitrogens with one attached hydrogen (secondary N) is 1. The second kappa shape index (κ2) is 4.12. The largest absolute Gasteiger partial charge is 0.369 e. The monoisotopic (exact) mass is 268 g/mol. The third-order valence-corrected chi connectivity index (χ3v) is 4.33. The molecule has 0 aromatic carbocycles. The molecule has 15 heavy (non-hydrogen) atoms. The SMILES string of the molecule is Cc1ccnc(NCC2(C)CCC2)c1Br. The number of rotatable bonds is 3. The van der Waals surface area contributed by atoms with Crippen molar-refractivity contribution in [2.24, 2.45) is 5.41 Å². The molecule has 1 heterocycles. The van der Waals surface area contributed by atoms with E-state index in [1.807, 2.05) is 12.3 Å². The Morgan fingerprint density at radius 1 is 1.53 bits per heavy atom. The Bertz CT molecular complexity index is 359. The summed E-state index contributed by atoms with van der Waals surface area (Å²) in [6.45, 7) is 5.46. The van der Waals surface area contributed by atoms with Gasteiger partial charge in [-0.15, -0.1) is 0 Å². The van der Waals surface area contributed by atoms with Crippen LogP contribution in [0.1, 0.15) is 31.7 Å². The fraction of sp³-hybridized carbons (Fsp3) is 0.583. The normalized spacial score (nSPS) is 18.3. The predicted molar refractivity (Wildman–Crippen MR) is 67.1 cm³/mol. The van der Waals surface area contributed by atoms with Gasteiger partial charge in [0.05, 0.1) is 4.47 Å². The highest BCUT2D eigenvalue weighted by Gasteiger charge is 2.31. The zero-order valence-electron chi connectivity index (χ0n) is 9.31. The zero-order chi connectivity index (χ0) is 10.9. The Morgan fingerprint density at radius 2 is 2.27 bits per heavy atom. The van der Waals surface area contributed by atoms with E-state index >= 15 is 0 Å². The Labute approximate surface area is 99.6 Å². The minimum Gasteiger partial charge on any atom is -0.369 e. The van der Waals surface area contributed by atoms with Crippen molar-refractivity contribution in [1.82, 2.24) is 4.98 Å². The van der Waals surface area contributed by atoms with Gasteiger partial charge in [-0.2, -0.15) is 0 Å². The lowest BCUT2D eigenvalue weighted by atomic mass is 9.70. The predicted octanol–water partition coefficient (Wildman–Crippen LogP) is 3.75. The number of halogens is 1. The van der Waals surface area contributed by atoms with Crippen molar-refractivity contribution in [3.63, 3.8) is 0 Å². The Morgan fingerprint density at radius 3 is 2.87 bits per heavy atom. The van der Waals surface area contributed by atoms with E-state index in [9.17, 15) is 0 Å². The summed E-state index contributed by atoms with van der Waals surface area (Å²) in [7, 11) is 0. The summed E-state index contributed by atoms with van der Waals surface area (Å²) in [6.07, 6.45) is 5.90.